The van der Waals surface area contributed by atoms with E-state index < -0.39 is 6.03 Å². The van der Waals surface area contributed by atoms with Gasteiger partial charge < -0.3 is 5.73 Å². The predicted octanol–water partition coefficient (Wildman–Crippen LogP) is 0.288. The molecule has 0 aliphatic rings. The lowest BCUT2D eigenvalue weighted by Gasteiger charge is -2.16. The van der Waals surface area contributed by atoms with Crippen LogP contribution in [0.1, 0.15) is 5.56 Å². The highest BCUT2D eigenvalue weighted by molar-refractivity contribution is 5.96. The number of carbonyl (C=O) groups excluding carboxylic acids is 1. The van der Waals surface area contributed by atoms with Crippen LogP contribution in [0.5, 0.6) is 0 Å². The van der Waals surface area contributed by atoms with Gasteiger partial charge in [0.05, 0.1) is 5.56 Å². The summed E-state index contributed by atoms with van der Waals surface area (Å²) in [7, 11) is 0. The summed E-state index contributed by atoms with van der Waals surface area (Å²) in [6.07, 6.45) is 2.67. The molecule has 2 heterocycles. The van der Waals surface area contributed by atoms with Crippen molar-refractivity contribution in [3.05, 3.63) is 30.2 Å². The molecule has 0 spiro atoms. The first-order valence-electron chi connectivity index (χ1n) is 4.54. The van der Waals surface area contributed by atoms with Crippen molar-refractivity contribution >= 4 is 17.8 Å². The number of urea groups is 1. The molecule has 0 saturated carbocycles. The van der Waals surface area contributed by atoms with Crippen LogP contribution < -0.4 is 10.6 Å². The molecule has 0 aliphatic carbocycles. The number of hydrogen-bond acceptors (Lipinski definition) is 5. The van der Waals surface area contributed by atoms with E-state index in [-0.39, 0.29) is 17.3 Å². The van der Waals surface area contributed by atoms with Crippen LogP contribution in [-0.2, 0) is 0 Å². The van der Waals surface area contributed by atoms with Crippen LogP contribution in [0.2, 0.25) is 0 Å². The van der Waals surface area contributed by atoms with Crippen molar-refractivity contribution in [1.82, 2.24) is 20.2 Å². The smallest absolute Gasteiger partial charge is 0.327 e. The summed E-state index contributed by atoms with van der Waals surface area (Å²) in [4.78, 5) is 20.1. The van der Waals surface area contributed by atoms with E-state index in [1.165, 1.54) is 18.6 Å². The van der Waals surface area contributed by atoms with E-state index in [1.807, 2.05) is 6.07 Å². The Morgan fingerprint density at radius 2 is 2.35 bits per heavy atom. The third-order valence-corrected chi connectivity index (χ3v) is 1.95. The number of nitriles is 1. The number of amides is 2. The quantitative estimate of drug-likeness (QED) is 0.765. The Hall–Kier alpha value is -2.95. The number of primary amides is 1. The summed E-state index contributed by atoms with van der Waals surface area (Å²) in [6, 6.07) is 4.22. The fourth-order valence-electron chi connectivity index (χ4n) is 1.28. The zero-order chi connectivity index (χ0) is 12.3. The first kappa shape index (κ1) is 10.6. The van der Waals surface area contributed by atoms with Gasteiger partial charge in [-0.3, -0.25) is 0 Å². The largest absolute Gasteiger partial charge is 0.351 e. The minimum atomic E-state index is -0.808. The summed E-state index contributed by atoms with van der Waals surface area (Å²) in [6.45, 7) is 0. The number of nitrogens with two attached hydrogens (primary N) is 1. The Morgan fingerprint density at radius 1 is 1.53 bits per heavy atom. The van der Waals surface area contributed by atoms with Gasteiger partial charge in [0.2, 0.25) is 5.95 Å². The molecule has 0 saturated heterocycles. The van der Waals surface area contributed by atoms with Gasteiger partial charge in [0, 0.05) is 6.20 Å². The molecule has 2 aromatic rings. The molecule has 0 unspecified atom stereocenters. The SMILES string of the molecule is N#Cc1cccnc1N(C(N)=O)c1ncn[nH]1. The number of nitrogens with zero attached hydrogens (tertiary/aromatic N) is 5. The number of anilines is 2. The van der Waals surface area contributed by atoms with Crippen LogP contribution in [0.4, 0.5) is 16.6 Å². The topological polar surface area (TPSA) is 125 Å². The third-order valence-electron chi connectivity index (χ3n) is 1.95. The Bertz CT molecular complexity index is 571. The molecule has 84 valence electrons. The molecule has 0 radical (unpaired) electrons. The number of carbonyl (C=O) groups is 1. The van der Waals surface area contributed by atoms with E-state index in [9.17, 15) is 4.79 Å². The van der Waals surface area contributed by atoms with Crippen molar-refractivity contribution in [3.8, 4) is 6.07 Å². The first-order chi connectivity index (χ1) is 8.24. The second-order valence-electron chi connectivity index (χ2n) is 2.97. The second-order valence-corrected chi connectivity index (χ2v) is 2.97. The van der Waals surface area contributed by atoms with E-state index in [0.717, 1.165) is 4.90 Å². The lowest BCUT2D eigenvalue weighted by atomic mass is 10.2. The van der Waals surface area contributed by atoms with Gasteiger partial charge in [-0.15, -0.1) is 0 Å². The van der Waals surface area contributed by atoms with Crippen molar-refractivity contribution in [2.24, 2.45) is 5.73 Å². The molecular formula is C9H7N7O. The second kappa shape index (κ2) is 4.28. The molecule has 2 aromatic heterocycles. The maximum atomic E-state index is 11.4. The fourth-order valence-corrected chi connectivity index (χ4v) is 1.28. The molecule has 8 nitrogen and oxygen atoms in total. The highest BCUT2D eigenvalue weighted by Crippen LogP contribution is 2.21. The van der Waals surface area contributed by atoms with Crippen molar-refractivity contribution in [2.75, 3.05) is 4.90 Å². The number of H-pyrrole nitrogens is 1. The summed E-state index contributed by atoms with van der Waals surface area (Å²) in [5, 5.41) is 15.0. The standard InChI is InChI=1S/C9H7N7O/c10-4-6-2-1-3-12-7(6)16(8(11)17)9-13-5-14-15-9/h1-3,5H,(H2,11,17)(H,13,14,15). The van der Waals surface area contributed by atoms with Crippen molar-refractivity contribution in [3.63, 3.8) is 0 Å². The Kier molecular flexibility index (Phi) is 2.66. The molecule has 0 atom stereocenters. The van der Waals surface area contributed by atoms with Crippen LogP contribution in [0.3, 0.4) is 0 Å². The summed E-state index contributed by atoms with van der Waals surface area (Å²) < 4.78 is 0. The summed E-state index contributed by atoms with van der Waals surface area (Å²) in [5.41, 5.74) is 5.44. The van der Waals surface area contributed by atoms with Crippen molar-refractivity contribution < 1.29 is 4.79 Å². The molecule has 17 heavy (non-hydrogen) atoms. The molecule has 0 fully saturated rings. The molecule has 0 aliphatic heterocycles. The first-order valence-corrected chi connectivity index (χ1v) is 4.54. The molecular weight excluding hydrogens is 222 g/mol. The van der Waals surface area contributed by atoms with Gasteiger partial charge in [-0.2, -0.15) is 15.3 Å². The number of aromatic nitrogens is 4. The highest BCUT2D eigenvalue weighted by atomic mass is 16.2. The van der Waals surface area contributed by atoms with Crippen molar-refractivity contribution in [2.45, 2.75) is 0 Å². The number of aromatic amines is 1. The Labute approximate surface area is 95.7 Å². The van der Waals surface area contributed by atoms with Gasteiger partial charge in [0.1, 0.15) is 12.4 Å². The van der Waals surface area contributed by atoms with E-state index in [2.05, 4.69) is 20.2 Å². The van der Waals surface area contributed by atoms with Gasteiger partial charge in [-0.1, -0.05) is 0 Å². The van der Waals surface area contributed by atoms with E-state index in [1.54, 1.807) is 6.07 Å². The average Bonchev–Trinajstić information content (AvgIpc) is 2.83. The lowest BCUT2D eigenvalue weighted by Crippen LogP contribution is -2.33. The van der Waals surface area contributed by atoms with E-state index >= 15 is 0 Å². The number of nitrogens with one attached hydrogen (secondary N) is 1. The number of hydrogen-bond donors (Lipinski definition) is 2. The molecule has 3 N–H and O–H groups in total. The normalized spacial score (nSPS) is 9.59. The van der Waals surface area contributed by atoms with Crippen molar-refractivity contribution in [1.29, 1.82) is 5.26 Å². The van der Waals surface area contributed by atoms with E-state index in [0.29, 0.717) is 0 Å². The van der Waals surface area contributed by atoms with Crippen LogP contribution in [0, 0.1) is 11.3 Å². The molecule has 8 heteroatoms. The zero-order valence-corrected chi connectivity index (χ0v) is 8.53. The lowest BCUT2D eigenvalue weighted by molar-refractivity contribution is 0.255. The fraction of sp³-hybridized carbons (Fsp3) is 0. The average molecular weight is 229 g/mol. The summed E-state index contributed by atoms with van der Waals surface area (Å²) >= 11 is 0. The maximum Gasteiger partial charge on any atom is 0.327 e. The molecule has 2 amide bonds. The van der Waals surface area contributed by atoms with Gasteiger partial charge in [-0.25, -0.2) is 19.8 Å². The zero-order valence-electron chi connectivity index (χ0n) is 8.53. The van der Waals surface area contributed by atoms with Gasteiger partial charge >= 0.3 is 6.03 Å². The number of pyridine rings is 1. The molecule has 0 bridgehead atoms. The molecule has 2 rings (SSSR count). The van der Waals surface area contributed by atoms with Gasteiger partial charge in [0.15, 0.2) is 5.82 Å². The number of rotatable bonds is 2. The monoisotopic (exact) mass is 229 g/mol. The van der Waals surface area contributed by atoms with Crippen LogP contribution in [-0.4, -0.2) is 26.2 Å². The molecule has 0 aromatic carbocycles. The van der Waals surface area contributed by atoms with Gasteiger partial charge in [0.25, 0.3) is 0 Å². The minimum absolute atomic E-state index is 0.104. The van der Waals surface area contributed by atoms with Crippen LogP contribution in [0.15, 0.2) is 24.7 Å². The Morgan fingerprint density at radius 3 is 2.94 bits per heavy atom. The maximum absolute atomic E-state index is 11.4. The third kappa shape index (κ3) is 1.89. The highest BCUT2D eigenvalue weighted by Gasteiger charge is 2.21. The van der Waals surface area contributed by atoms with Crippen LogP contribution in [0.25, 0.3) is 0 Å². The van der Waals surface area contributed by atoms with E-state index in [4.69, 9.17) is 11.0 Å². The van der Waals surface area contributed by atoms with Gasteiger partial charge in [-0.05, 0) is 12.1 Å². The summed E-state index contributed by atoms with van der Waals surface area (Å²) in [5.74, 6) is 0.215. The Balaban J connectivity index is 2.55. The predicted molar refractivity (Wildman–Crippen MR) is 57.1 cm³/mol. The minimum Gasteiger partial charge on any atom is -0.351 e. The van der Waals surface area contributed by atoms with Crippen LogP contribution >= 0.6 is 0 Å².